The predicted molar refractivity (Wildman–Crippen MR) is 135 cm³/mol. The van der Waals surface area contributed by atoms with Gasteiger partial charge in [-0.3, -0.25) is 9.69 Å². The highest BCUT2D eigenvalue weighted by molar-refractivity contribution is 7.22. The first kappa shape index (κ1) is 23.5. The molecule has 7 heteroatoms. The predicted octanol–water partition coefficient (Wildman–Crippen LogP) is 6.51. The van der Waals surface area contributed by atoms with E-state index in [0.717, 1.165) is 40.6 Å². The van der Waals surface area contributed by atoms with E-state index in [1.54, 1.807) is 0 Å². The second kappa shape index (κ2) is 10.4. The van der Waals surface area contributed by atoms with Crippen molar-refractivity contribution in [3.05, 3.63) is 71.2 Å². The molecule has 0 unspecified atom stereocenters. The lowest BCUT2D eigenvalue weighted by Crippen LogP contribution is -2.39. The highest BCUT2D eigenvalue weighted by Crippen LogP contribution is 2.32. The van der Waals surface area contributed by atoms with Gasteiger partial charge in [0, 0.05) is 23.7 Å². The summed E-state index contributed by atoms with van der Waals surface area (Å²) in [5.74, 6) is -0.0240. The smallest absolute Gasteiger partial charge is 0.260 e. The van der Waals surface area contributed by atoms with Gasteiger partial charge in [0.15, 0.2) is 5.13 Å². The third-order valence-corrected chi connectivity index (χ3v) is 6.65. The maximum atomic E-state index is 13.7. The second-order valence-electron chi connectivity index (χ2n) is 7.12. The lowest BCUT2D eigenvalue weighted by molar-refractivity contribution is 0.0985. The molecule has 0 fully saturated rings. The molecule has 3 aromatic carbocycles. The van der Waals surface area contributed by atoms with Gasteiger partial charge in [0.05, 0.1) is 10.2 Å². The molecule has 4 nitrogen and oxygen atoms in total. The van der Waals surface area contributed by atoms with Crippen molar-refractivity contribution in [2.75, 3.05) is 31.1 Å². The van der Waals surface area contributed by atoms with Crippen LogP contribution in [0, 0.1) is 0 Å². The van der Waals surface area contributed by atoms with Gasteiger partial charge in [0.25, 0.3) is 5.91 Å². The van der Waals surface area contributed by atoms with Crippen LogP contribution in [-0.4, -0.2) is 42.0 Å². The fraction of sp³-hybridized carbons (Fsp3) is 0.250. The van der Waals surface area contributed by atoms with Gasteiger partial charge in [-0.05, 0) is 48.1 Å². The molecule has 1 aromatic heterocycles. The first-order chi connectivity index (χ1) is 14.6. The molecule has 0 aliphatic rings. The molecule has 0 bridgehead atoms. The van der Waals surface area contributed by atoms with E-state index in [2.05, 4.69) is 18.7 Å². The molecule has 0 saturated carbocycles. The summed E-state index contributed by atoms with van der Waals surface area (Å²) in [5.41, 5.74) is 1.56. The van der Waals surface area contributed by atoms with E-state index in [1.165, 1.54) is 11.3 Å². The Kier molecular flexibility index (Phi) is 7.89. The molecule has 0 aliphatic heterocycles. The van der Waals surface area contributed by atoms with Gasteiger partial charge in [0.2, 0.25) is 0 Å². The Balaban J connectivity index is 0.00000272. The quantitative estimate of drug-likeness (QED) is 0.306. The van der Waals surface area contributed by atoms with Crippen molar-refractivity contribution in [2.45, 2.75) is 13.8 Å². The first-order valence-electron chi connectivity index (χ1n) is 10.2. The largest absolute Gasteiger partial charge is 0.302 e. The summed E-state index contributed by atoms with van der Waals surface area (Å²) in [6, 6.07) is 19.5. The SMILES string of the molecule is CCN(CC)CCN(C(=O)c1cccc2ccccc12)c1nc2ccc(Cl)cc2s1.Cl. The number of likely N-dealkylation sites (N-methyl/N-ethyl adjacent to an activating group) is 1. The van der Waals surface area contributed by atoms with E-state index in [-0.39, 0.29) is 18.3 Å². The zero-order valence-electron chi connectivity index (χ0n) is 17.5. The summed E-state index contributed by atoms with van der Waals surface area (Å²) in [6.07, 6.45) is 0. The number of benzene rings is 3. The van der Waals surface area contributed by atoms with Crippen molar-refractivity contribution in [3.8, 4) is 0 Å². The van der Waals surface area contributed by atoms with Crippen LogP contribution in [0.15, 0.2) is 60.7 Å². The maximum Gasteiger partial charge on any atom is 0.260 e. The van der Waals surface area contributed by atoms with E-state index in [4.69, 9.17) is 16.6 Å². The van der Waals surface area contributed by atoms with Crippen molar-refractivity contribution in [1.82, 2.24) is 9.88 Å². The number of thiazole rings is 1. The minimum absolute atomic E-state index is 0. The number of hydrogen-bond donors (Lipinski definition) is 0. The average molecular weight is 474 g/mol. The van der Waals surface area contributed by atoms with Crippen molar-refractivity contribution >= 4 is 67.4 Å². The van der Waals surface area contributed by atoms with Crippen LogP contribution in [0.25, 0.3) is 21.0 Å². The second-order valence-corrected chi connectivity index (χ2v) is 8.56. The molecule has 4 rings (SSSR count). The Morgan fingerprint density at radius 1 is 1.00 bits per heavy atom. The standard InChI is InChI=1S/C24H24ClN3OS.ClH/c1-3-27(4-2)14-15-28(24-26-21-13-12-18(25)16-22(21)30-24)23(29)20-11-7-9-17-8-5-6-10-19(17)20;/h5-13,16H,3-4,14-15H2,1-2H3;1H. The van der Waals surface area contributed by atoms with Crippen LogP contribution >= 0.6 is 35.3 Å². The van der Waals surface area contributed by atoms with E-state index in [1.807, 2.05) is 65.6 Å². The number of carbonyl (C=O) groups is 1. The van der Waals surface area contributed by atoms with Gasteiger partial charge in [-0.25, -0.2) is 4.98 Å². The third kappa shape index (κ3) is 5.01. The fourth-order valence-electron chi connectivity index (χ4n) is 3.62. The van der Waals surface area contributed by atoms with Crippen molar-refractivity contribution in [1.29, 1.82) is 0 Å². The van der Waals surface area contributed by atoms with Crippen molar-refractivity contribution in [3.63, 3.8) is 0 Å². The number of nitrogens with zero attached hydrogens (tertiary/aromatic N) is 3. The number of aromatic nitrogens is 1. The maximum absolute atomic E-state index is 13.7. The molecule has 0 radical (unpaired) electrons. The van der Waals surface area contributed by atoms with Crippen LogP contribution in [0.1, 0.15) is 24.2 Å². The zero-order valence-corrected chi connectivity index (χ0v) is 19.9. The van der Waals surface area contributed by atoms with Gasteiger partial charge < -0.3 is 4.90 Å². The summed E-state index contributed by atoms with van der Waals surface area (Å²) < 4.78 is 0.982. The molecule has 1 heterocycles. The molecule has 0 spiro atoms. The molecule has 0 atom stereocenters. The summed E-state index contributed by atoms with van der Waals surface area (Å²) in [7, 11) is 0. The van der Waals surface area contributed by atoms with Crippen LogP contribution in [0.3, 0.4) is 0 Å². The Hall–Kier alpha value is -2.18. The number of carbonyl (C=O) groups excluding carboxylic acids is 1. The minimum Gasteiger partial charge on any atom is -0.302 e. The lowest BCUT2D eigenvalue weighted by Gasteiger charge is -2.25. The topological polar surface area (TPSA) is 36.4 Å². The molecule has 4 aromatic rings. The van der Waals surface area contributed by atoms with Gasteiger partial charge >= 0.3 is 0 Å². The van der Waals surface area contributed by atoms with Gasteiger partial charge in [-0.2, -0.15) is 0 Å². The number of fused-ring (bicyclic) bond motifs is 2. The summed E-state index contributed by atoms with van der Waals surface area (Å²) in [6.45, 7) is 7.54. The molecule has 162 valence electrons. The van der Waals surface area contributed by atoms with Crippen LogP contribution in [0.4, 0.5) is 5.13 Å². The Morgan fingerprint density at radius 2 is 1.74 bits per heavy atom. The first-order valence-corrected chi connectivity index (χ1v) is 11.4. The zero-order chi connectivity index (χ0) is 21.1. The minimum atomic E-state index is -0.0240. The van der Waals surface area contributed by atoms with Crippen LogP contribution in [-0.2, 0) is 0 Å². The van der Waals surface area contributed by atoms with Crippen molar-refractivity contribution < 1.29 is 4.79 Å². The highest BCUT2D eigenvalue weighted by atomic mass is 35.5. The summed E-state index contributed by atoms with van der Waals surface area (Å²) in [5, 5.41) is 3.40. The van der Waals surface area contributed by atoms with Crippen LogP contribution in [0.5, 0.6) is 0 Å². The fourth-order valence-corrected chi connectivity index (χ4v) is 4.89. The van der Waals surface area contributed by atoms with Crippen LogP contribution < -0.4 is 4.90 Å². The Bertz CT molecular complexity index is 1180. The monoisotopic (exact) mass is 473 g/mol. The Morgan fingerprint density at radius 3 is 2.52 bits per heavy atom. The van der Waals surface area contributed by atoms with E-state index in [9.17, 15) is 4.79 Å². The number of halogens is 2. The number of anilines is 1. The molecular formula is C24H25Cl2N3OS. The normalized spacial score (nSPS) is 11.1. The van der Waals surface area contributed by atoms with Gasteiger partial charge in [-0.1, -0.05) is 73.2 Å². The van der Waals surface area contributed by atoms with Gasteiger partial charge in [-0.15, -0.1) is 12.4 Å². The summed E-state index contributed by atoms with van der Waals surface area (Å²) >= 11 is 7.67. The number of hydrogen-bond acceptors (Lipinski definition) is 4. The molecule has 0 aliphatic carbocycles. The number of rotatable bonds is 7. The molecule has 0 saturated heterocycles. The molecule has 31 heavy (non-hydrogen) atoms. The van der Waals surface area contributed by atoms with E-state index < -0.39 is 0 Å². The van der Waals surface area contributed by atoms with E-state index >= 15 is 0 Å². The third-order valence-electron chi connectivity index (χ3n) is 5.37. The molecular weight excluding hydrogens is 449 g/mol. The lowest BCUT2D eigenvalue weighted by atomic mass is 10.0. The average Bonchev–Trinajstić information content (AvgIpc) is 3.18. The van der Waals surface area contributed by atoms with E-state index in [0.29, 0.717) is 22.3 Å². The highest BCUT2D eigenvalue weighted by Gasteiger charge is 2.23. The Labute approximate surface area is 197 Å². The van der Waals surface area contributed by atoms with Crippen molar-refractivity contribution in [2.24, 2.45) is 0 Å². The summed E-state index contributed by atoms with van der Waals surface area (Å²) in [4.78, 5) is 22.6. The number of amides is 1. The van der Waals surface area contributed by atoms with Crippen LogP contribution in [0.2, 0.25) is 5.02 Å². The molecule has 0 N–H and O–H groups in total. The van der Waals surface area contributed by atoms with Gasteiger partial charge in [0.1, 0.15) is 0 Å². The molecule has 1 amide bonds.